The normalized spacial score (nSPS) is 17.4. The van der Waals surface area contributed by atoms with Gasteiger partial charge < -0.3 is 5.32 Å². The lowest BCUT2D eigenvalue weighted by molar-refractivity contribution is -0.126. The molecule has 1 N–H and O–H groups in total. The zero-order chi connectivity index (χ0) is 24.7. The van der Waals surface area contributed by atoms with E-state index in [0.29, 0.717) is 17.3 Å². The van der Waals surface area contributed by atoms with Crippen molar-refractivity contribution in [1.29, 1.82) is 0 Å². The monoisotopic (exact) mass is 504 g/mol. The number of fused-ring (bicyclic) bond motifs is 1. The molecule has 0 saturated heterocycles. The molecule has 178 valence electrons. The summed E-state index contributed by atoms with van der Waals surface area (Å²) in [6.07, 6.45) is 0. The Labute approximate surface area is 213 Å². The molecule has 1 atom stereocenters. The zero-order valence-electron chi connectivity index (χ0n) is 19.7. The van der Waals surface area contributed by atoms with Gasteiger partial charge >= 0.3 is 0 Å². The first-order chi connectivity index (χ1) is 16.8. The zero-order valence-corrected chi connectivity index (χ0v) is 21.3. The second kappa shape index (κ2) is 8.98. The topological polar surface area (TPSA) is 67.2 Å². The van der Waals surface area contributed by atoms with Gasteiger partial charge in [0.15, 0.2) is 0 Å². The number of rotatable bonds is 5. The number of hydrogen-bond donors (Lipinski definition) is 1. The van der Waals surface area contributed by atoms with Crippen LogP contribution < -0.4 is 10.2 Å². The summed E-state index contributed by atoms with van der Waals surface area (Å²) < 4.78 is 1.67. The van der Waals surface area contributed by atoms with Crippen LogP contribution in [0.4, 0.5) is 5.69 Å². The molecule has 2 amide bonds. The predicted octanol–water partition coefficient (Wildman–Crippen LogP) is 5.62. The van der Waals surface area contributed by atoms with E-state index >= 15 is 0 Å². The second-order valence-electron chi connectivity index (χ2n) is 9.06. The number of aryl methyl sites for hydroxylation is 2. The molecule has 0 radical (unpaired) electrons. The average Bonchev–Trinajstić information content (AvgIpc) is 3.51. The van der Waals surface area contributed by atoms with Crippen molar-refractivity contribution in [2.75, 3.05) is 4.90 Å². The molecule has 4 aromatic rings. The largest absolute Gasteiger partial charge is 0.350 e. The van der Waals surface area contributed by atoms with E-state index in [1.807, 2.05) is 67.8 Å². The molecule has 2 aromatic heterocycles. The molecule has 8 heteroatoms. The van der Waals surface area contributed by atoms with Gasteiger partial charge in [-0.25, -0.2) is 0 Å². The van der Waals surface area contributed by atoms with Crippen molar-refractivity contribution in [2.45, 2.75) is 39.4 Å². The molecule has 0 bridgehead atoms. The van der Waals surface area contributed by atoms with Crippen molar-refractivity contribution in [2.24, 2.45) is 0 Å². The molecule has 0 fully saturated rings. The van der Waals surface area contributed by atoms with E-state index in [4.69, 9.17) is 16.7 Å². The van der Waals surface area contributed by atoms with Gasteiger partial charge in [0.1, 0.15) is 16.9 Å². The van der Waals surface area contributed by atoms with E-state index in [-0.39, 0.29) is 18.4 Å². The summed E-state index contributed by atoms with van der Waals surface area (Å²) in [5.41, 5.74) is 3.60. The number of anilines is 1. The highest BCUT2D eigenvalue weighted by molar-refractivity contribution is 7.13. The molecule has 1 aliphatic rings. The highest BCUT2D eigenvalue weighted by Gasteiger charge is 2.49. The van der Waals surface area contributed by atoms with Gasteiger partial charge in [-0.05, 0) is 73.2 Å². The number of carbonyl (C=O) groups excluding carboxylic acids is 2. The summed E-state index contributed by atoms with van der Waals surface area (Å²) in [6.45, 7) is 6.30. The SMILES string of the molecule is Cc1ccc(C)c(N2C(=O)c3cc(-c4cccs4)nn3C[C@]2(C)C(=O)NCc2ccc(Cl)cc2)c1. The summed E-state index contributed by atoms with van der Waals surface area (Å²) in [5.74, 6) is -0.495. The maximum Gasteiger partial charge on any atom is 0.277 e. The van der Waals surface area contributed by atoms with Crippen LogP contribution in [-0.4, -0.2) is 27.1 Å². The van der Waals surface area contributed by atoms with E-state index in [2.05, 4.69) is 5.32 Å². The third-order valence-electron chi connectivity index (χ3n) is 6.39. The number of amides is 2. The van der Waals surface area contributed by atoms with Crippen LogP contribution in [0.25, 0.3) is 10.6 Å². The van der Waals surface area contributed by atoms with E-state index < -0.39 is 5.54 Å². The van der Waals surface area contributed by atoms with Crippen molar-refractivity contribution < 1.29 is 9.59 Å². The van der Waals surface area contributed by atoms with Gasteiger partial charge in [0.25, 0.3) is 5.91 Å². The first kappa shape index (κ1) is 23.3. The number of hydrogen-bond acceptors (Lipinski definition) is 4. The van der Waals surface area contributed by atoms with Crippen LogP contribution in [0.15, 0.2) is 66.0 Å². The van der Waals surface area contributed by atoms with Crippen molar-refractivity contribution in [3.05, 3.63) is 93.5 Å². The van der Waals surface area contributed by atoms with Crippen molar-refractivity contribution >= 4 is 40.4 Å². The van der Waals surface area contributed by atoms with Crippen molar-refractivity contribution in [1.82, 2.24) is 15.1 Å². The van der Waals surface area contributed by atoms with Crippen LogP contribution in [-0.2, 0) is 17.9 Å². The molecule has 0 aliphatic carbocycles. The number of nitrogens with zero attached hydrogens (tertiary/aromatic N) is 3. The Morgan fingerprint density at radius 3 is 2.63 bits per heavy atom. The molecule has 0 spiro atoms. The van der Waals surface area contributed by atoms with E-state index in [1.165, 1.54) is 0 Å². The number of benzene rings is 2. The Bertz CT molecular complexity index is 1410. The van der Waals surface area contributed by atoms with Gasteiger partial charge in [0.2, 0.25) is 5.91 Å². The van der Waals surface area contributed by atoms with Crippen LogP contribution in [0.5, 0.6) is 0 Å². The van der Waals surface area contributed by atoms with Crippen LogP contribution in [0, 0.1) is 13.8 Å². The Kier molecular flexibility index (Phi) is 5.99. The summed E-state index contributed by atoms with van der Waals surface area (Å²) >= 11 is 7.56. The Morgan fingerprint density at radius 1 is 1.14 bits per heavy atom. The molecule has 1 aliphatic heterocycles. The number of halogens is 1. The summed E-state index contributed by atoms with van der Waals surface area (Å²) in [6, 6.07) is 19.0. The van der Waals surface area contributed by atoms with E-state index in [9.17, 15) is 9.59 Å². The molecule has 35 heavy (non-hydrogen) atoms. The van der Waals surface area contributed by atoms with Crippen LogP contribution in [0.2, 0.25) is 5.02 Å². The number of aromatic nitrogens is 2. The fourth-order valence-corrected chi connectivity index (χ4v) is 5.25. The minimum absolute atomic E-state index is 0.235. The molecule has 6 nitrogen and oxygen atoms in total. The highest BCUT2D eigenvalue weighted by Crippen LogP contribution is 2.36. The number of thiophene rings is 1. The molecule has 3 heterocycles. The lowest BCUT2D eigenvalue weighted by Gasteiger charge is -2.43. The van der Waals surface area contributed by atoms with Gasteiger partial charge in [-0.15, -0.1) is 11.3 Å². The maximum atomic E-state index is 14.0. The Morgan fingerprint density at radius 2 is 1.91 bits per heavy atom. The highest BCUT2D eigenvalue weighted by atomic mass is 35.5. The van der Waals surface area contributed by atoms with E-state index in [0.717, 1.165) is 32.9 Å². The lowest BCUT2D eigenvalue weighted by Crippen LogP contribution is -2.64. The third kappa shape index (κ3) is 4.26. The average molecular weight is 505 g/mol. The van der Waals surface area contributed by atoms with Gasteiger partial charge in [-0.3, -0.25) is 19.2 Å². The quantitative estimate of drug-likeness (QED) is 0.383. The standard InChI is InChI=1S/C27H25ClN4O2S/c1-17-6-7-18(2)22(13-17)32-25(33)23-14-21(24-5-4-12-35-24)30-31(23)16-27(32,3)26(34)29-15-19-8-10-20(28)11-9-19/h4-14H,15-16H2,1-3H3,(H,29,34)/t27-/m1/s1. The van der Waals surface area contributed by atoms with Gasteiger partial charge in [-0.1, -0.05) is 41.9 Å². The minimum atomic E-state index is -1.19. The van der Waals surface area contributed by atoms with Crippen LogP contribution >= 0.6 is 22.9 Å². The number of nitrogens with one attached hydrogen (secondary N) is 1. The maximum absolute atomic E-state index is 14.0. The smallest absolute Gasteiger partial charge is 0.277 e. The third-order valence-corrected chi connectivity index (χ3v) is 7.53. The fraction of sp³-hybridized carbons (Fsp3) is 0.222. The molecular weight excluding hydrogens is 480 g/mol. The van der Waals surface area contributed by atoms with Crippen LogP contribution in [0.3, 0.4) is 0 Å². The Hall–Kier alpha value is -3.42. The van der Waals surface area contributed by atoms with Gasteiger partial charge in [0, 0.05) is 17.3 Å². The second-order valence-corrected chi connectivity index (χ2v) is 10.4. The summed E-state index contributed by atoms with van der Waals surface area (Å²) in [4.78, 5) is 30.3. The van der Waals surface area contributed by atoms with E-state index in [1.54, 1.807) is 40.0 Å². The molecule has 0 saturated carbocycles. The van der Waals surface area contributed by atoms with Crippen molar-refractivity contribution in [3.63, 3.8) is 0 Å². The first-order valence-corrected chi connectivity index (χ1v) is 12.6. The van der Waals surface area contributed by atoms with Gasteiger partial charge in [-0.2, -0.15) is 5.10 Å². The predicted molar refractivity (Wildman–Crippen MR) is 140 cm³/mol. The first-order valence-electron chi connectivity index (χ1n) is 11.3. The molecule has 5 rings (SSSR count). The van der Waals surface area contributed by atoms with Gasteiger partial charge in [0.05, 0.1) is 11.4 Å². The molecule has 2 aromatic carbocycles. The van der Waals surface area contributed by atoms with Crippen molar-refractivity contribution in [3.8, 4) is 10.6 Å². The summed E-state index contributed by atoms with van der Waals surface area (Å²) in [5, 5.41) is 10.4. The number of carbonyl (C=O) groups is 2. The fourth-order valence-electron chi connectivity index (χ4n) is 4.44. The van der Waals surface area contributed by atoms with Crippen LogP contribution in [0.1, 0.15) is 34.1 Å². The Balaban J connectivity index is 1.56. The lowest BCUT2D eigenvalue weighted by atomic mass is 9.92. The summed E-state index contributed by atoms with van der Waals surface area (Å²) in [7, 11) is 0. The molecule has 0 unspecified atom stereocenters. The minimum Gasteiger partial charge on any atom is -0.350 e. The molecular formula is C27H25ClN4O2S.